The maximum absolute atomic E-state index is 13.1. The quantitative estimate of drug-likeness (QED) is 0.838. The van der Waals surface area contributed by atoms with Crippen LogP contribution in [0, 0.1) is 19.7 Å². The maximum atomic E-state index is 13.1. The summed E-state index contributed by atoms with van der Waals surface area (Å²) in [5, 5.41) is 0. The molecule has 2 heterocycles. The zero-order valence-electron chi connectivity index (χ0n) is 13.2. The van der Waals surface area contributed by atoms with Crippen molar-refractivity contribution < 1.29 is 22.0 Å². The highest BCUT2D eigenvalue weighted by Crippen LogP contribution is 2.26. The summed E-state index contributed by atoms with van der Waals surface area (Å²) in [5.41, 5.74) is -0.161. The Morgan fingerprint density at radius 1 is 1.21 bits per heavy atom. The van der Waals surface area contributed by atoms with E-state index < -0.39 is 21.5 Å². The molecule has 128 valence electrons. The number of rotatable bonds is 4. The van der Waals surface area contributed by atoms with Crippen molar-refractivity contribution in [2.75, 3.05) is 13.1 Å². The van der Waals surface area contributed by atoms with Crippen molar-refractivity contribution in [2.24, 2.45) is 0 Å². The number of benzene rings is 1. The first kappa shape index (κ1) is 16.7. The lowest BCUT2D eigenvalue weighted by Crippen LogP contribution is -2.56. The first-order valence-electron chi connectivity index (χ1n) is 7.30. The number of halogens is 1. The largest absolute Gasteiger partial charge is 0.487 e. The minimum Gasteiger partial charge on any atom is -0.487 e. The zero-order chi connectivity index (χ0) is 17.5. The van der Waals surface area contributed by atoms with Gasteiger partial charge in [-0.3, -0.25) is 0 Å². The molecule has 0 amide bonds. The number of ether oxygens (including phenoxy) is 1. The van der Waals surface area contributed by atoms with Gasteiger partial charge in [-0.2, -0.15) is 4.31 Å². The van der Waals surface area contributed by atoms with Gasteiger partial charge in [0.1, 0.15) is 23.4 Å². The van der Waals surface area contributed by atoms with Crippen LogP contribution in [0.5, 0.6) is 5.75 Å². The molecule has 0 radical (unpaired) electrons. The Kier molecular flexibility index (Phi) is 4.18. The SMILES string of the molecule is Cc1cc(OC2CN(S(=O)(=O)c3ccc(F)cc3C)C2)cc(=O)o1. The summed E-state index contributed by atoms with van der Waals surface area (Å²) in [5.74, 6) is 0.293. The van der Waals surface area contributed by atoms with Gasteiger partial charge in [-0.25, -0.2) is 17.6 Å². The normalized spacial score (nSPS) is 16.0. The highest BCUT2D eigenvalue weighted by Gasteiger charge is 2.38. The first-order chi connectivity index (χ1) is 11.3. The lowest BCUT2D eigenvalue weighted by atomic mass is 10.2. The summed E-state index contributed by atoms with van der Waals surface area (Å²) in [4.78, 5) is 11.4. The van der Waals surface area contributed by atoms with Crippen LogP contribution in [0.15, 0.2) is 44.4 Å². The molecule has 0 bridgehead atoms. The van der Waals surface area contributed by atoms with Crippen molar-refractivity contribution in [3.05, 3.63) is 57.9 Å². The van der Waals surface area contributed by atoms with E-state index in [1.54, 1.807) is 19.9 Å². The molecule has 1 aromatic carbocycles. The van der Waals surface area contributed by atoms with E-state index in [1.807, 2.05) is 0 Å². The molecule has 0 unspecified atom stereocenters. The third-order valence-electron chi connectivity index (χ3n) is 3.74. The van der Waals surface area contributed by atoms with Gasteiger partial charge in [0.25, 0.3) is 0 Å². The van der Waals surface area contributed by atoms with Gasteiger partial charge in [-0.15, -0.1) is 0 Å². The van der Waals surface area contributed by atoms with E-state index >= 15 is 0 Å². The molecule has 8 heteroatoms. The Hall–Kier alpha value is -2.19. The molecule has 1 aliphatic heterocycles. The van der Waals surface area contributed by atoms with E-state index in [0.717, 1.165) is 6.07 Å². The predicted molar refractivity (Wildman–Crippen MR) is 84.0 cm³/mol. The molecule has 1 saturated heterocycles. The third-order valence-corrected chi connectivity index (χ3v) is 5.73. The molecular weight excluding hydrogens is 337 g/mol. The van der Waals surface area contributed by atoms with Gasteiger partial charge in [0.15, 0.2) is 0 Å². The van der Waals surface area contributed by atoms with Gasteiger partial charge in [-0.05, 0) is 37.6 Å². The van der Waals surface area contributed by atoms with Crippen LogP contribution in [-0.4, -0.2) is 31.9 Å². The van der Waals surface area contributed by atoms with Gasteiger partial charge in [-0.1, -0.05) is 0 Å². The second kappa shape index (κ2) is 6.03. The van der Waals surface area contributed by atoms with E-state index in [0.29, 0.717) is 17.1 Å². The molecule has 1 aliphatic rings. The van der Waals surface area contributed by atoms with Crippen LogP contribution in [-0.2, 0) is 10.0 Å². The highest BCUT2D eigenvalue weighted by molar-refractivity contribution is 7.89. The van der Waals surface area contributed by atoms with Crippen molar-refractivity contribution in [1.82, 2.24) is 4.31 Å². The molecule has 24 heavy (non-hydrogen) atoms. The smallest absolute Gasteiger partial charge is 0.339 e. The summed E-state index contributed by atoms with van der Waals surface area (Å²) in [6, 6.07) is 6.36. The van der Waals surface area contributed by atoms with Crippen LogP contribution in [0.25, 0.3) is 0 Å². The summed E-state index contributed by atoms with van der Waals surface area (Å²) in [6.07, 6.45) is -0.346. The monoisotopic (exact) mass is 353 g/mol. The summed E-state index contributed by atoms with van der Waals surface area (Å²) in [7, 11) is -3.68. The fourth-order valence-corrected chi connectivity index (χ4v) is 4.26. The molecule has 0 aliphatic carbocycles. The lowest BCUT2D eigenvalue weighted by Gasteiger charge is -2.38. The Labute approximate surface area is 138 Å². The van der Waals surface area contributed by atoms with Crippen molar-refractivity contribution in [3.8, 4) is 5.75 Å². The Balaban J connectivity index is 1.70. The molecule has 0 saturated carbocycles. The Bertz CT molecular complexity index is 932. The molecule has 1 fully saturated rings. The Morgan fingerprint density at radius 2 is 1.92 bits per heavy atom. The van der Waals surface area contributed by atoms with E-state index in [-0.39, 0.29) is 24.1 Å². The van der Waals surface area contributed by atoms with Crippen molar-refractivity contribution in [1.29, 1.82) is 0 Å². The maximum Gasteiger partial charge on any atom is 0.339 e. The predicted octanol–water partition coefficient (Wildman–Crippen LogP) is 1.85. The topological polar surface area (TPSA) is 76.8 Å². The average Bonchev–Trinajstić information content (AvgIpc) is 2.40. The molecule has 0 spiro atoms. The van der Waals surface area contributed by atoms with E-state index in [1.165, 1.54) is 22.5 Å². The fourth-order valence-electron chi connectivity index (χ4n) is 2.55. The summed E-state index contributed by atoms with van der Waals surface area (Å²) < 4.78 is 49.9. The van der Waals surface area contributed by atoms with Gasteiger partial charge >= 0.3 is 5.63 Å². The van der Waals surface area contributed by atoms with Gasteiger partial charge < -0.3 is 9.15 Å². The van der Waals surface area contributed by atoms with Crippen LogP contribution >= 0.6 is 0 Å². The van der Waals surface area contributed by atoms with Crippen molar-refractivity contribution in [3.63, 3.8) is 0 Å². The molecule has 2 aromatic rings. The van der Waals surface area contributed by atoms with Crippen LogP contribution < -0.4 is 10.4 Å². The van der Waals surface area contributed by atoms with Crippen molar-refractivity contribution >= 4 is 10.0 Å². The fraction of sp³-hybridized carbons (Fsp3) is 0.312. The first-order valence-corrected chi connectivity index (χ1v) is 8.74. The highest BCUT2D eigenvalue weighted by atomic mass is 32.2. The van der Waals surface area contributed by atoms with E-state index in [2.05, 4.69) is 0 Å². The number of aryl methyl sites for hydroxylation is 2. The van der Waals surface area contributed by atoms with Gasteiger partial charge in [0, 0.05) is 6.07 Å². The van der Waals surface area contributed by atoms with Crippen LogP contribution in [0.4, 0.5) is 4.39 Å². The van der Waals surface area contributed by atoms with Gasteiger partial charge in [0.2, 0.25) is 10.0 Å². The molecular formula is C16H16FNO5S. The molecule has 0 N–H and O–H groups in total. The second-order valence-corrected chi connectivity index (χ2v) is 7.60. The Morgan fingerprint density at radius 3 is 2.54 bits per heavy atom. The average molecular weight is 353 g/mol. The van der Waals surface area contributed by atoms with E-state index in [4.69, 9.17) is 9.15 Å². The summed E-state index contributed by atoms with van der Waals surface area (Å²) >= 11 is 0. The molecule has 3 rings (SSSR count). The zero-order valence-corrected chi connectivity index (χ0v) is 14.0. The van der Waals surface area contributed by atoms with E-state index in [9.17, 15) is 17.6 Å². The lowest BCUT2D eigenvalue weighted by molar-refractivity contribution is 0.0754. The molecule has 1 aromatic heterocycles. The second-order valence-electron chi connectivity index (χ2n) is 5.69. The molecule has 0 atom stereocenters. The van der Waals surface area contributed by atoms with Crippen LogP contribution in [0.2, 0.25) is 0 Å². The number of nitrogens with zero attached hydrogens (tertiary/aromatic N) is 1. The van der Waals surface area contributed by atoms with Gasteiger partial charge in [0.05, 0.1) is 24.1 Å². The van der Waals surface area contributed by atoms with Crippen LogP contribution in [0.3, 0.4) is 0 Å². The number of hydrogen-bond donors (Lipinski definition) is 0. The standard InChI is InChI=1S/C16H16FNO5S/c1-10-5-12(17)3-4-15(10)24(20,21)18-8-14(9-18)23-13-6-11(2)22-16(19)7-13/h3-7,14H,8-9H2,1-2H3. The third kappa shape index (κ3) is 3.20. The van der Waals surface area contributed by atoms with Crippen molar-refractivity contribution in [2.45, 2.75) is 24.8 Å². The summed E-state index contributed by atoms with van der Waals surface area (Å²) in [6.45, 7) is 3.51. The minimum absolute atomic E-state index is 0.0820. The number of sulfonamides is 1. The van der Waals surface area contributed by atoms with Crippen LogP contribution in [0.1, 0.15) is 11.3 Å². The minimum atomic E-state index is -3.68. The number of hydrogen-bond acceptors (Lipinski definition) is 5. The molecule has 6 nitrogen and oxygen atoms in total.